The number of nitrogens with zero attached hydrogens (tertiary/aromatic N) is 2. The van der Waals surface area contributed by atoms with Gasteiger partial charge >= 0.3 is 0 Å². The Morgan fingerprint density at radius 3 is 2.58 bits per heavy atom. The van der Waals surface area contributed by atoms with Gasteiger partial charge in [-0.05, 0) is 74.0 Å². The van der Waals surface area contributed by atoms with Gasteiger partial charge < -0.3 is 20.1 Å². The summed E-state index contributed by atoms with van der Waals surface area (Å²) < 4.78 is 45.9. The summed E-state index contributed by atoms with van der Waals surface area (Å²) in [4.78, 5) is 6.41. The molecule has 3 N–H and O–H groups in total. The molecule has 0 aliphatic carbocycles. The van der Waals surface area contributed by atoms with E-state index >= 15 is 0 Å². The molecule has 1 aliphatic heterocycles. The predicted octanol–water partition coefficient (Wildman–Crippen LogP) is 4.09. The third kappa shape index (κ3) is 6.11. The lowest BCUT2D eigenvalue weighted by Gasteiger charge is -2.40. The highest BCUT2D eigenvalue weighted by molar-refractivity contribution is 5.85. The number of pyridine rings is 1. The van der Waals surface area contributed by atoms with Crippen LogP contribution in [0.1, 0.15) is 48.5 Å². The second-order valence-electron chi connectivity index (χ2n) is 9.78. The first-order chi connectivity index (χ1) is 18.3. The largest absolute Gasteiger partial charge is 0.497 e. The van der Waals surface area contributed by atoms with Gasteiger partial charge in [-0.2, -0.15) is 0 Å². The molecule has 0 spiro atoms. The summed E-state index contributed by atoms with van der Waals surface area (Å²) in [6.07, 6.45) is 2.98. The second kappa shape index (κ2) is 12.1. The molecule has 9 heteroatoms. The minimum Gasteiger partial charge on any atom is -0.497 e. The van der Waals surface area contributed by atoms with Gasteiger partial charge in [0, 0.05) is 29.8 Å². The average molecular weight is 529 g/mol. The summed E-state index contributed by atoms with van der Waals surface area (Å²) in [6, 6.07) is 6.74. The van der Waals surface area contributed by atoms with Crippen LogP contribution in [-0.4, -0.2) is 58.6 Å². The number of fused-ring (bicyclic) bond motifs is 1. The van der Waals surface area contributed by atoms with E-state index in [9.17, 15) is 28.5 Å². The highest BCUT2D eigenvalue weighted by Crippen LogP contribution is 2.39. The molecule has 1 fully saturated rings. The molecule has 3 aromatic rings. The maximum atomic E-state index is 13.8. The fraction of sp³-hybridized carbons (Fsp3) is 0.414. The van der Waals surface area contributed by atoms with E-state index in [1.807, 2.05) is 4.90 Å². The van der Waals surface area contributed by atoms with Crippen LogP contribution in [-0.2, 0) is 6.61 Å². The van der Waals surface area contributed by atoms with E-state index in [1.54, 1.807) is 31.5 Å². The Bertz CT molecular complexity index is 1340. The van der Waals surface area contributed by atoms with Gasteiger partial charge in [-0.1, -0.05) is 11.8 Å². The SMILES string of the molecule is COc1ccc2ncc(CO)c([C@@H](O)CCC3(CO)CCN(CC#Cc4cc(F)cc(F)c4F)CC3)c2c1. The summed E-state index contributed by atoms with van der Waals surface area (Å²) >= 11 is 0. The maximum Gasteiger partial charge on any atom is 0.174 e. The molecule has 1 saturated heterocycles. The Hall–Kier alpha value is -3.16. The Morgan fingerprint density at radius 2 is 1.89 bits per heavy atom. The molecule has 4 rings (SSSR count). The molecule has 0 radical (unpaired) electrons. The van der Waals surface area contributed by atoms with Gasteiger partial charge in [0.15, 0.2) is 11.6 Å². The molecule has 1 atom stereocenters. The minimum absolute atomic E-state index is 0.0369. The number of benzene rings is 2. The number of halogens is 3. The average Bonchev–Trinajstić information content (AvgIpc) is 2.94. The van der Waals surface area contributed by atoms with Crippen LogP contribution >= 0.6 is 0 Å². The van der Waals surface area contributed by atoms with Gasteiger partial charge in [-0.15, -0.1) is 0 Å². The van der Waals surface area contributed by atoms with Crippen LogP contribution in [0.15, 0.2) is 36.5 Å². The zero-order valence-electron chi connectivity index (χ0n) is 21.2. The van der Waals surface area contributed by atoms with E-state index in [2.05, 4.69) is 16.8 Å². The maximum absolute atomic E-state index is 13.8. The summed E-state index contributed by atoms with van der Waals surface area (Å²) in [5, 5.41) is 32.0. The van der Waals surface area contributed by atoms with Crippen LogP contribution in [0.5, 0.6) is 5.75 Å². The Kier molecular flexibility index (Phi) is 8.90. The lowest BCUT2D eigenvalue weighted by Crippen LogP contribution is -2.42. The molecule has 0 unspecified atom stereocenters. The van der Waals surface area contributed by atoms with Gasteiger partial charge in [0.1, 0.15) is 11.6 Å². The molecule has 6 nitrogen and oxygen atoms in total. The molecular formula is C29H31F3N2O4. The van der Waals surface area contributed by atoms with Gasteiger partial charge in [-0.3, -0.25) is 9.88 Å². The smallest absolute Gasteiger partial charge is 0.174 e. The molecule has 0 amide bonds. The number of aliphatic hydroxyl groups excluding tert-OH is 3. The number of aliphatic hydroxyl groups is 3. The lowest BCUT2D eigenvalue weighted by molar-refractivity contribution is 0.0271. The molecule has 0 bridgehead atoms. The van der Waals surface area contributed by atoms with Crippen LogP contribution < -0.4 is 4.74 Å². The fourth-order valence-corrected chi connectivity index (χ4v) is 5.03. The number of methoxy groups -OCH3 is 1. The lowest BCUT2D eigenvalue weighted by atomic mass is 9.74. The molecular weight excluding hydrogens is 497 g/mol. The number of likely N-dealkylation sites (tertiary alicyclic amines) is 1. The van der Waals surface area contributed by atoms with Crippen molar-refractivity contribution in [1.29, 1.82) is 0 Å². The quantitative estimate of drug-likeness (QED) is 0.302. The summed E-state index contributed by atoms with van der Waals surface area (Å²) in [5.41, 5.74) is 1.13. The van der Waals surface area contributed by atoms with Crippen molar-refractivity contribution in [2.24, 2.45) is 5.41 Å². The third-order valence-corrected chi connectivity index (χ3v) is 7.42. The van der Waals surface area contributed by atoms with E-state index in [-0.39, 0.29) is 24.2 Å². The van der Waals surface area contributed by atoms with Crippen LogP contribution in [0.3, 0.4) is 0 Å². The van der Waals surface area contributed by atoms with Gasteiger partial charge in [-0.25, -0.2) is 13.2 Å². The summed E-state index contributed by atoms with van der Waals surface area (Å²) in [6.45, 7) is 1.25. The van der Waals surface area contributed by atoms with Crippen molar-refractivity contribution in [1.82, 2.24) is 9.88 Å². The standard InChI is InChI=1S/C29H31F3N2O4/c1-38-22-4-5-25-23(15-22)27(20(17-35)16-33-25)26(37)6-7-29(18-36)8-11-34(12-9-29)10-2-3-19-13-21(30)14-24(31)28(19)32/h4-5,13-16,26,35-37H,6-12,17-18H2,1H3/t26-/m0/s1. The van der Waals surface area contributed by atoms with Crippen LogP contribution in [0.4, 0.5) is 13.2 Å². The van der Waals surface area contributed by atoms with E-state index in [4.69, 9.17) is 4.74 Å². The van der Waals surface area contributed by atoms with E-state index < -0.39 is 23.6 Å². The number of aromatic nitrogens is 1. The fourth-order valence-electron chi connectivity index (χ4n) is 5.03. The predicted molar refractivity (Wildman–Crippen MR) is 137 cm³/mol. The Balaban J connectivity index is 1.40. The first-order valence-corrected chi connectivity index (χ1v) is 12.5. The zero-order chi connectivity index (χ0) is 27.3. The molecule has 1 aliphatic rings. The molecule has 38 heavy (non-hydrogen) atoms. The van der Waals surface area contributed by atoms with Crippen LogP contribution in [0, 0.1) is 34.7 Å². The van der Waals surface area contributed by atoms with Gasteiger partial charge in [0.2, 0.25) is 0 Å². The molecule has 2 heterocycles. The molecule has 202 valence electrons. The monoisotopic (exact) mass is 528 g/mol. The number of hydrogen-bond acceptors (Lipinski definition) is 6. The number of piperidine rings is 1. The molecule has 1 aromatic heterocycles. The van der Waals surface area contributed by atoms with Crippen LogP contribution in [0.2, 0.25) is 0 Å². The highest BCUT2D eigenvalue weighted by atomic mass is 19.2. The topological polar surface area (TPSA) is 86.0 Å². The summed E-state index contributed by atoms with van der Waals surface area (Å²) in [5.74, 6) is 2.59. The van der Waals surface area contributed by atoms with Gasteiger partial charge in [0.05, 0.1) is 37.4 Å². The number of hydrogen-bond donors (Lipinski definition) is 3. The zero-order valence-corrected chi connectivity index (χ0v) is 21.2. The Labute approximate surface area is 219 Å². The first-order valence-electron chi connectivity index (χ1n) is 12.5. The van der Waals surface area contributed by atoms with Crippen molar-refractivity contribution < 1.29 is 33.2 Å². The van der Waals surface area contributed by atoms with E-state index in [1.165, 1.54) is 0 Å². The van der Waals surface area contributed by atoms with E-state index in [0.29, 0.717) is 79.2 Å². The highest BCUT2D eigenvalue weighted by Gasteiger charge is 2.34. The van der Waals surface area contributed by atoms with Crippen molar-refractivity contribution in [3.63, 3.8) is 0 Å². The second-order valence-corrected chi connectivity index (χ2v) is 9.78. The third-order valence-electron chi connectivity index (χ3n) is 7.42. The van der Waals surface area contributed by atoms with Crippen LogP contribution in [0.25, 0.3) is 10.9 Å². The number of rotatable bonds is 8. The Morgan fingerprint density at radius 1 is 1.13 bits per heavy atom. The normalized spacial score (nSPS) is 16.2. The number of ether oxygens (including phenoxy) is 1. The van der Waals surface area contributed by atoms with Crippen molar-refractivity contribution in [3.05, 3.63) is 70.7 Å². The van der Waals surface area contributed by atoms with Crippen molar-refractivity contribution in [3.8, 4) is 17.6 Å². The van der Waals surface area contributed by atoms with Crippen molar-refractivity contribution in [2.75, 3.05) is 33.4 Å². The van der Waals surface area contributed by atoms with Gasteiger partial charge in [0.25, 0.3) is 0 Å². The minimum atomic E-state index is -1.27. The van der Waals surface area contributed by atoms with E-state index in [0.717, 1.165) is 6.07 Å². The first kappa shape index (κ1) is 27.9. The molecule has 0 saturated carbocycles. The van der Waals surface area contributed by atoms with Crippen molar-refractivity contribution in [2.45, 2.75) is 38.4 Å². The van der Waals surface area contributed by atoms with Crippen molar-refractivity contribution >= 4 is 10.9 Å². The summed E-state index contributed by atoms with van der Waals surface area (Å²) in [7, 11) is 1.56. The molecule has 2 aromatic carbocycles.